The Hall–Kier alpha value is -0.970. The van der Waals surface area contributed by atoms with Crippen molar-refractivity contribution in [2.75, 3.05) is 20.4 Å². The van der Waals surface area contributed by atoms with Gasteiger partial charge in [-0.2, -0.15) is 0 Å². The molecule has 1 heterocycles. The van der Waals surface area contributed by atoms with Gasteiger partial charge >= 0.3 is 0 Å². The fourth-order valence-corrected chi connectivity index (χ4v) is 1.73. The van der Waals surface area contributed by atoms with Crippen molar-refractivity contribution >= 4 is 23.6 Å². The third-order valence-corrected chi connectivity index (χ3v) is 2.49. The molecule has 1 aliphatic rings. The number of hydrogen-bond acceptors (Lipinski definition) is 4. The lowest BCUT2D eigenvalue weighted by molar-refractivity contribution is -0.135. The van der Waals surface area contributed by atoms with Crippen molar-refractivity contribution in [2.45, 2.75) is 0 Å². The zero-order valence-electron chi connectivity index (χ0n) is 7.17. The predicted molar refractivity (Wildman–Crippen MR) is 47.4 cm³/mol. The second-order valence-corrected chi connectivity index (χ2v) is 3.14. The predicted octanol–water partition coefficient (Wildman–Crippen LogP) is -0.221. The van der Waals surface area contributed by atoms with E-state index < -0.39 is 0 Å². The second kappa shape index (κ2) is 3.18. The van der Waals surface area contributed by atoms with Gasteiger partial charge < -0.3 is 5.32 Å². The minimum atomic E-state index is -0.258. The maximum Gasteiger partial charge on any atom is 0.277 e. The summed E-state index contributed by atoms with van der Waals surface area (Å²) in [6.45, 7) is 0. The molecule has 0 saturated carbocycles. The van der Waals surface area contributed by atoms with Crippen LogP contribution in [0.3, 0.4) is 0 Å². The summed E-state index contributed by atoms with van der Waals surface area (Å²) in [6, 6.07) is 0. The molecule has 0 saturated heterocycles. The Kier molecular flexibility index (Phi) is 2.42. The molecule has 12 heavy (non-hydrogen) atoms. The summed E-state index contributed by atoms with van der Waals surface area (Å²) in [5.41, 5.74) is 0.398. The van der Waals surface area contributed by atoms with Gasteiger partial charge in [-0.25, -0.2) is 0 Å². The van der Waals surface area contributed by atoms with Crippen LogP contribution in [0.25, 0.3) is 0 Å². The van der Waals surface area contributed by atoms with E-state index in [1.54, 1.807) is 13.3 Å². The summed E-state index contributed by atoms with van der Waals surface area (Å²) in [5, 5.41) is 2.72. The molecule has 0 radical (unpaired) electrons. The highest BCUT2D eigenvalue weighted by molar-refractivity contribution is 8.03. The van der Waals surface area contributed by atoms with Gasteiger partial charge in [0.25, 0.3) is 11.8 Å². The highest BCUT2D eigenvalue weighted by Gasteiger charge is 2.34. The monoisotopic (exact) mass is 186 g/mol. The molecular weight excluding hydrogens is 176 g/mol. The first-order chi connectivity index (χ1) is 5.63. The third-order valence-electron chi connectivity index (χ3n) is 1.70. The van der Waals surface area contributed by atoms with E-state index in [1.165, 1.54) is 18.8 Å². The van der Waals surface area contributed by atoms with Crippen LogP contribution in [-0.4, -0.2) is 37.1 Å². The molecule has 0 unspecified atom stereocenters. The largest absolute Gasteiger partial charge is 0.383 e. The van der Waals surface area contributed by atoms with Gasteiger partial charge in [0.15, 0.2) is 0 Å². The summed E-state index contributed by atoms with van der Waals surface area (Å²) in [7, 11) is 3.11. The Morgan fingerprint density at radius 3 is 2.25 bits per heavy atom. The fourth-order valence-electron chi connectivity index (χ4n) is 1.03. The standard InChI is InChI=1S/C7H10N2O2S/c1-8-4-5(12-3)7(11)9(2)6(4)10/h8H,1-3H3. The van der Waals surface area contributed by atoms with Crippen LogP contribution in [0.15, 0.2) is 10.6 Å². The Balaban J connectivity index is 3.09. The molecule has 1 rings (SSSR count). The van der Waals surface area contributed by atoms with Crippen LogP contribution in [-0.2, 0) is 9.59 Å². The quantitative estimate of drug-likeness (QED) is 0.606. The molecule has 0 spiro atoms. The average molecular weight is 186 g/mol. The molecule has 0 atom stereocenters. The number of nitrogens with zero attached hydrogens (tertiary/aromatic N) is 1. The molecule has 5 heteroatoms. The molecule has 0 aromatic heterocycles. The number of rotatable bonds is 2. The maximum atomic E-state index is 11.3. The average Bonchev–Trinajstić information content (AvgIpc) is 2.29. The van der Waals surface area contributed by atoms with Gasteiger partial charge in [-0.3, -0.25) is 14.5 Å². The lowest BCUT2D eigenvalue weighted by atomic mass is 10.4. The second-order valence-electron chi connectivity index (χ2n) is 2.33. The molecule has 66 valence electrons. The van der Waals surface area contributed by atoms with Crippen LogP contribution >= 0.6 is 11.8 Å². The van der Waals surface area contributed by atoms with Crippen LogP contribution in [0.5, 0.6) is 0 Å². The minimum absolute atomic E-state index is 0.225. The van der Waals surface area contributed by atoms with Crippen molar-refractivity contribution < 1.29 is 9.59 Å². The lowest BCUT2D eigenvalue weighted by Gasteiger charge is -2.05. The van der Waals surface area contributed by atoms with E-state index in [0.717, 1.165) is 4.90 Å². The first kappa shape index (κ1) is 9.12. The van der Waals surface area contributed by atoms with Crippen molar-refractivity contribution in [3.05, 3.63) is 10.6 Å². The highest BCUT2D eigenvalue weighted by Crippen LogP contribution is 2.24. The zero-order valence-corrected chi connectivity index (χ0v) is 7.99. The van der Waals surface area contributed by atoms with Crippen molar-refractivity contribution in [3.63, 3.8) is 0 Å². The molecule has 0 aliphatic carbocycles. The summed E-state index contributed by atoms with van der Waals surface area (Å²) in [6.07, 6.45) is 1.77. The van der Waals surface area contributed by atoms with Gasteiger partial charge in [0.1, 0.15) is 10.6 Å². The Morgan fingerprint density at radius 1 is 1.33 bits per heavy atom. The Morgan fingerprint density at radius 2 is 1.92 bits per heavy atom. The summed E-state index contributed by atoms with van der Waals surface area (Å²) in [5.74, 6) is -0.483. The van der Waals surface area contributed by atoms with E-state index in [9.17, 15) is 9.59 Å². The first-order valence-electron chi connectivity index (χ1n) is 3.42. The summed E-state index contributed by atoms with van der Waals surface area (Å²) >= 11 is 1.29. The first-order valence-corrected chi connectivity index (χ1v) is 4.64. The van der Waals surface area contributed by atoms with E-state index >= 15 is 0 Å². The van der Waals surface area contributed by atoms with E-state index in [-0.39, 0.29) is 11.8 Å². The number of nitrogens with one attached hydrogen (secondary N) is 1. The van der Waals surface area contributed by atoms with Gasteiger partial charge in [0.05, 0.1) is 0 Å². The van der Waals surface area contributed by atoms with Crippen molar-refractivity contribution in [1.29, 1.82) is 0 Å². The van der Waals surface area contributed by atoms with Crippen LogP contribution in [0, 0.1) is 0 Å². The molecule has 2 amide bonds. The molecule has 0 fully saturated rings. The number of hydrogen-bond donors (Lipinski definition) is 1. The molecule has 0 aromatic carbocycles. The van der Waals surface area contributed by atoms with E-state index in [2.05, 4.69) is 5.32 Å². The molecular formula is C7H10N2O2S. The van der Waals surface area contributed by atoms with E-state index in [0.29, 0.717) is 10.6 Å². The topological polar surface area (TPSA) is 49.4 Å². The number of carbonyl (C=O) groups excluding carboxylic acids is 2. The van der Waals surface area contributed by atoms with Gasteiger partial charge in [0, 0.05) is 14.1 Å². The van der Waals surface area contributed by atoms with Crippen molar-refractivity contribution in [2.24, 2.45) is 0 Å². The summed E-state index contributed by atoms with van der Waals surface area (Å²) < 4.78 is 0. The number of likely N-dealkylation sites (N-methyl/N-ethyl adjacent to an activating group) is 2. The van der Waals surface area contributed by atoms with Crippen LogP contribution in [0.4, 0.5) is 0 Å². The maximum absolute atomic E-state index is 11.3. The van der Waals surface area contributed by atoms with Gasteiger partial charge in [-0.05, 0) is 6.26 Å². The number of amides is 2. The molecule has 0 bridgehead atoms. The molecule has 0 aromatic rings. The SMILES string of the molecule is CNC1=C(SC)C(=O)N(C)C1=O. The van der Waals surface area contributed by atoms with E-state index in [4.69, 9.17) is 0 Å². The molecule has 1 aliphatic heterocycles. The van der Waals surface area contributed by atoms with E-state index in [1.807, 2.05) is 0 Å². The zero-order chi connectivity index (χ0) is 9.30. The lowest BCUT2D eigenvalue weighted by Crippen LogP contribution is -2.28. The third kappa shape index (κ3) is 1.10. The normalized spacial score (nSPS) is 17.8. The minimum Gasteiger partial charge on any atom is -0.383 e. The van der Waals surface area contributed by atoms with Crippen LogP contribution < -0.4 is 5.32 Å². The van der Waals surface area contributed by atoms with Gasteiger partial charge in [-0.15, -0.1) is 11.8 Å². The van der Waals surface area contributed by atoms with Crippen molar-refractivity contribution in [1.82, 2.24) is 10.2 Å². The highest BCUT2D eigenvalue weighted by atomic mass is 32.2. The summed E-state index contributed by atoms with van der Waals surface area (Å²) in [4.78, 5) is 24.2. The van der Waals surface area contributed by atoms with Crippen LogP contribution in [0.2, 0.25) is 0 Å². The number of thioether (sulfide) groups is 1. The number of imide groups is 1. The molecule has 1 N–H and O–H groups in total. The van der Waals surface area contributed by atoms with Gasteiger partial charge in [0.2, 0.25) is 0 Å². The fraction of sp³-hybridized carbons (Fsp3) is 0.429. The molecule has 4 nitrogen and oxygen atoms in total. The Labute approximate surface area is 75.0 Å². The Bertz CT molecular complexity index is 247. The van der Waals surface area contributed by atoms with Crippen LogP contribution in [0.1, 0.15) is 0 Å². The smallest absolute Gasteiger partial charge is 0.277 e. The number of carbonyl (C=O) groups is 2. The van der Waals surface area contributed by atoms with Gasteiger partial charge in [-0.1, -0.05) is 0 Å². The van der Waals surface area contributed by atoms with Crippen molar-refractivity contribution in [3.8, 4) is 0 Å².